The van der Waals surface area contributed by atoms with E-state index in [0.29, 0.717) is 12.6 Å². The fourth-order valence-corrected chi connectivity index (χ4v) is 2.31. The van der Waals surface area contributed by atoms with Crippen LogP contribution < -0.4 is 11.1 Å². The summed E-state index contributed by atoms with van der Waals surface area (Å²) in [4.78, 5) is 0. The summed E-state index contributed by atoms with van der Waals surface area (Å²) >= 11 is 0. The first-order valence-corrected chi connectivity index (χ1v) is 4.93. The molecule has 3 heteroatoms. The van der Waals surface area contributed by atoms with Crippen LogP contribution in [-0.2, 0) is 4.74 Å². The maximum Gasteiger partial charge on any atom is 0.0712 e. The largest absolute Gasteiger partial charge is 0.370 e. The van der Waals surface area contributed by atoms with Crippen LogP contribution in [0.3, 0.4) is 0 Å². The molecule has 0 aromatic rings. The first-order valence-electron chi connectivity index (χ1n) is 4.93. The topological polar surface area (TPSA) is 47.3 Å². The van der Waals surface area contributed by atoms with E-state index in [4.69, 9.17) is 10.5 Å². The van der Waals surface area contributed by atoms with Crippen molar-refractivity contribution in [3.63, 3.8) is 0 Å². The van der Waals surface area contributed by atoms with E-state index >= 15 is 0 Å². The van der Waals surface area contributed by atoms with Gasteiger partial charge in [-0.3, -0.25) is 0 Å². The van der Waals surface area contributed by atoms with Crippen molar-refractivity contribution in [1.82, 2.24) is 5.32 Å². The molecule has 1 spiro atoms. The van der Waals surface area contributed by atoms with Crippen LogP contribution in [0.5, 0.6) is 0 Å². The molecule has 1 atom stereocenters. The Labute approximate surface area is 73.7 Å². The molecule has 0 saturated carbocycles. The zero-order valence-electron chi connectivity index (χ0n) is 7.51. The van der Waals surface area contributed by atoms with Gasteiger partial charge in [0.05, 0.1) is 11.7 Å². The first kappa shape index (κ1) is 8.48. The van der Waals surface area contributed by atoms with Gasteiger partial charge in [0.25, 0.3) is 0 Å². The quantitative estimate of drug-likeness (QED) is 0.593. The lowest BCUT2D eigenvalue weighted by Crippen LogP contribution is -2.42. The third-order valence-electron chi connectivity index (χ3n) is 3.12. The lowest BCUT2D eigenvalue weighted by molar-refractivity contribution is -0.0557. The Balaban J connectivity index is 1.94. The number of rotatable bonds is 1. The van der Waals surface area contributed by atoms with Crippen molar-refractivity contribution in [3.8, 4) is 0 Å². The maximum atomic E-state index is 5.97. The highest BCUT2D eigenvalue weighted by Gasteiger charge is 2.40. The molecule has 2 saturated heterocycles. The fourth-order valence-electron chi connectivity index (χ4n) is 2.31. The summed E-state index contributed by atoms with van der Waals surface area (Å²) in [6.45, 7) is 2.91. The smallest absolute Gasteiger partial charge is 0.0712 e. The van der Waals surface area contributed by atoms with Crippen molar-refractivity contribution in [2.24, 2.45) is 5.73 Å². The summed E-state index contributed by atoms with van der Waals surface area (Å²) < 4.78 is 5.97. The Kier molecular flexibility index (Phi) is 2.35. The van der Waals surface area contributed by atoms with E-state index in [-0.39, 0.29) is 5.60 Å². The predicted molar refractivity (Wildman–Crippen MR) is 48.0 cm³/mol. The molecular weight excluding hydrogens is 152 g/mol. The zero-order valence-corrected chi connectivity index (χ0v) is 7.51. The summed E-state index contributed by atoms with van der Waals surface area (Å²) in [6, 6.07) is 0. The van der Waals surface area contributed by atoms with E-state index in [2.05, 4.69) is 5.32 Å². The van der Waals surface area contributed by atoms with Crippen LogP contribution in [0, 0.1) is 0 Å². The summed E-state index contributed by atoms with van der Waals surface area (Å²) in [7, 11) is 0. The Morgan fingerprint density at radius 2 is 2.08 bits per heavy atom. The molecule has 2 aliphatic rings. The van der Waals surface area contributed by atoms with E-state index in [1.807, 2.05) is 0 Å². The Morgan fingerprint density at radius 1 is 1.33 bits per heavy atom. The van der Waals surface area contributed by atoms with Crippen molar-refractivity contribution < 1.29 is 4.74 Å². The van der Waals surface area contributed by atoms with Crippen LogP contribution in [0.15, 0.2) is 0 Å². The number of piperidine rings is 1. The van der Waals surface area contributed by atoms with Crippen molar-refractivity contribution >= 4 is 0 Å². The minimum atomic E-state index is 0.204. The Bertz CT molecular complexity index is 155. The number of hydrogen-bond acceptors (Lipinski definition) is 3. The molecule has 2 fully saturated rings. The van der Waals surface area contributed by atoms with Crippen molar-refractivity contribution in [2.45, 2.75) is 37.4 Å². The second kappa shape index (κ2) is 3.32. The molecule has 0 radical (unpaired) electrons. The molecule has 0 aliphatic carbocycles. The molecule has 0 aromatic carbocycles. The normalized spacial score (nSPS) is 34.2. The standard InChI is InChI=1S/C9H18N2O/c10-7-8-1-2-9(12-8)3-5-11-6-4-9/h8,11H,1-7,10H2. The highest BCUT2D eigenvalue weighted by atomic mass is 16.5. The van der Waals surface area contributed by atoms with Gasteiger partial charge in [-0.15, -0.1) is 0 Å². The summed E-state index contributed by atoms with van der Waals surface area (Å²) in [5.41, 5.74) is 5.79. The van der Waals surface area contributed by atoms with Gasteiger partial charge in [0.2, 0.25) is 0 Å². The van der Waals surface area contributed by atoms with Crippen LogP contribution >= 0.6 is 0 Å². The molecule has 0 aromatic heterocycles. The van der Waals surface area contributed by atoms with Gasteiger partial charge in [-0.2, -0.15) is 0 Å². The molecule has 3 nitrogen and oxygen atoms in total. The molecule has 2 heterocycles. The third-order valence-corrected chi connectivity index (χ3v) is 3.12. The second-order valence-electron chi connectivity index (χ2n) is 3.95. The van der Waals surface area contributed by atoms with Gasteiger partial charge < -0.3 is 15.8 Å². The van der Waals surface area contributed by atoms with Gasteiger partial charge in [-0.1, -0.05) is 0 Å². The van der Waals surface area contributed by atoms with E-state index in [0.717, 1.165) is 19.5 Å². The molecular formula is C9H18N2O. The van der Waals surface area contributed by atoms with Gasteiger partial charge in [0, 0.05) is 6.54 Å². The van der Waals surface area contributed by atoms with Crippen LogP contribution in [-0.4, -0.2) is 31.3 Å². The van der Waals surface area contributed by atoms with E-state index in [1.165, 1.54) is 19.3 Å². The van der Waals surface area contributed by atoms with E-state index in [1.54, 1.807) is 0 Å². The van der Waals surface area contributed by atoms with Gasteiger partial charge in [-0.05, 0) is 38.8 Å². The Hall–Kier alpha value is -0.120. The minimum absolute atomic E-state index is 0.204. The first-order chi connectivity index (χ1) is 5.85. The van der Waals surface area contributed by atoms with E-state index in [9.17, 15) is 0 Å². The highest BCUT2D eigenvalue weighted by molar-refractivity contribution is 4.92. The van der Waals surface area contributed by atoms with Crippen molar-refractivity contribution in [3.05, 3.63) is 0 Å². The monoisotopic (exact) mass is 170 g/mol. The number of nitrogens with one attached hydrogen (secondary N) is 1. The molecule has 70 valence electrons. The van der Waals surface area contributed by atoms with Gasteiger partial charge in [-0.25, -0.2) is 0 Å². The lowest BCUT2D eigenvalue weighted by atomic mass is 9.89. The SMILES string of the molecule is NCC1CCC2(CCNCC2)O1. The second-order valence-corrected chi connectivity index (χ2v) is 3.95. The summed E-state index contributed by atoms with van der Waals surface area (Å²) in [5, 5.41) is 3.36. The highest BCUT2D eigenvalue weighted by Crippen LogP contribution is 2.36. The van der Waals surface area contributed by atoms with Gasteiger partial charge in [0.1, 0.15) is 0 Å². The van der Waals surface area contributed by atoms with Crippen LogP contribution in [0.2, 0.25) is 0 Å². The molecule has 0 amide bonds. The van der Waals surface area contributed by atoms with E-state index < -0.39 is 0 Å². The van der Waals surface area contributed by atoms with Crippen molar-refractivity contribution in [1.29, 1.82) is 0 Å². The van der Waals surface area contributed by atoms with Crippen LogP contribution in [0.25, 0.3) is 0 Å². The average Bonchev–Trinajstić information content (AvgIpc) is 2.50. The summed E-state index contributed by atoms with van der Waals surface area (Å²) in [6.07, 6.45) is 5.06. The third kappa shape index (κ3) is 1.49. The van der Waals surface area contributed by atoms with Crippen LogP contribution in [0.1, 0.15) is 25.7 Å². The fraction of sp³-hybridized carbons (Fsp3) is 1.00. The predicted octanol–water partition coefficient (Wildman–Crippen LogP) is 0.246. The number of nitrogens with two attached hydrogens (primary N) is 1. The lowest BCUT2D eigenvalue weighted by Gasteiger charge is -2.33. The molecule has 0 bridgehead atoms. The molecule has 12 heavy (non-hydrogen) atoms. The molecule has 2 rings (SSSR count). The minimum Gasteiger partial charge on any atom is -0.370 e. The zero-order chi connectivity index (χ0) is 8.44. The summed E-state index contributed by atoms with van der Waals surface area (Å²) in [5.74, 6) is 0. The average molecular weight is 170 g/mol. The van der Waals surface area contributed by atoms with Crippen LogP contribution in [0.4, 0.5) is 0 Å². The molecule has 1 unspecified atom stereocenters. The van der Waals surface area contributed by atoms with Gasteiger partial charge in [0.15, 0.2) is 0 Å². The Morgan fingerprint density at radius 3 is 2.67 bits per heavy atom. The number of ether oxygens (including phenoxy) is 1. The molecule has 2 aliphatic heterocycles. The van der Waals surface area contributed by atoms with Gasteiger partial charge >= 0.3 is 0 Å². The number of hydrogen-bond donors (Lipinski definition) is 2. The molecule has 3 N–H and O–H groups in total. The maximum absolute atomic E-state index is 5.97. The van der Waals surface area contributed by atoms with Crippen molar-refractivity contribution in [2.75, 3.05) is 19.6 Å².